The Balaban J connectivity index is 2.82. The van der Waals surface area contributed by atoms with Crippen molar-refractivity contribution < 1.29 is 5.11 Å². The molecule has 0 radical (unpaired) electrons. The molecule has 0 aliphatic carbocycles. The highest BCUT2D eigenvalue weighted by Crippen LogP contribution is 2.30. The second kappa shape index (κ2) is 4.73. The SMILES string of the molecule is CC(O)CNc1cc(Cl)c(Cl)cc1N. The zero-order valence-corrected chi connectivity index (χ0v) is 9.23. The molecule has 0 bridgehead atoms. The van der Waals surface area contributed by atoms with Crippen molar-refractivity contribution in [2.75, 3.05) is 17.6 Å². The summed E-state index contributed by atoms with van der Waals surface area (Å²) >= 11 is 11.6. The van der Waals surface area contributed by atoms with Crippen LogP contribution in [-0.4, -0.2) is 17.8 Å². The largest absolute Gasteiger partial charge is 0.397 e. The Morgan fingerprint density at radius 3 is 2.57 bits per heavy atom. The molecule has 0 saturated heterocycles. The second-order valence-electron chi connectivity index (χ2n) is 3.08. The number of nitrogens with one attached hydrogen (secondary N) is 1. The van der Waals surface area contributed by atoms with E-state index in [1.807, 2.05) is 0 Å². The molecule has 0 spiro atoms. The van der Waals surface area contributed by atoms with Crippen molar-refractivity contribution in [1.29, 1.82) is 0 Å². The fraction of sp³-hybridized carbons (Fsp3) is 0.333. The highest BCUT2D eigenvalue weighted by atomic mass is 35.5. The van der Waals surface area contributed by atoms with Crippen LogP contribution in [0.15, 0.2) is 12.1 Å². The average Bonchev–Trinajstić information content (AvgIpc) is 2.09. The Hall–Kier alpha value is -0.640. The van der Waals surface area contributed by atoms with Crippen LogP contribution in [0.1, 0.15) is 6.92 Å². The quantitative estimate of drug-likeness (QED) is 0.705. The van der Waals surface area contributed by atoms with Crippen molar-refractivity contribution in [1.82, 2.24) is 0 Å². The van der Waals surface area contributed by atoms with Gasteiger partial charge >= 0.3 is 0 Å². The Kier molecular flexibility index (Phi) is 3.86. The number of nitrogens with two attached hydrogens (primary N) is 1. The molecular weight excluding hydrogens is 223 g/mol. The van der Waals surface area contributed by atoms with Gasteiger partial charge in [0.1, 0.15) is 0 Å². The number of nitrogen functional groups attached to an aromatic ring is 1. The molecule has 0 saturated carbocycles. The van der Waals surface area contributed by atoms with Crippen LogP contribution in [0.2, 0.25) is 10.0 Å². The number of halogens is 2. The number of aliphatic hydroxyl groups is 1. The summed E-state index contributed by atoms with van der Waals surface area (Å²) in [6.45, 7) is 2.10. The van der Waals surface area contributed by atoms with Crippen LogP contribution in [-0.2, 0) is 0 Å². The number of aliphatic hydroxyl groups excluding tert-OH is 1. The smallest absolute Gasteiger partial charge is 0.0684 e. The Morgan fingerprint density at radius 1 is 1.43 bits per heavy atom. The third kappa shape index (κ3) is 2.94. The summed E-state index contributed by atoms with van der Waals surface area (Å²) in [4.78, 5) is 0. The molecule has 5 heteroatoms. The van der Waals surface area contributed by atoms with E-state index in [4.69, 9.17) is 34.0 Å². The first-order valence-corrected chi connectivity index (χ1v) is 4.92. The lowest BCUT2D eigenvalue weighted by Gasteiger charge is -2.11. The summed E-state index contributed by atoms with van der Waals surface area (Å²) in [6.07, 6.45) is -0.441. The molecule has 1 aromatic carbocycles. The van der Waals surface area contributed by atoms with Gasteiger partial charge < -0.3 is 16.2 Å². The maximum absolute atomic E-state index is 9.07. The molecule has 14 heavy (non-hydrogen) atoms. The van der Waals surface area contributed by atoms with E-state index in [2.05, 4.69) is 5.32 Å². The highest BCUT2D eigenvalue weighted by molar-refractivity contribution is 6.42. The molecule has 0 aliphatic rings. The summed E-state index contributed by atoms with van der Waals surface area (Å²) in [7, 11) is 0. The number of hydrogen-bond acceptors (Lipinski definition) is 3. The first-order valence-electron chi connectivity index (χ1n) is 4.17. The number of rotatable bonds is 3. The minimum atomic E-state index is -0.441. The first-order chi connectivity index (χ1) is 6.50. The standard InChI is InChI=1S/C9H12Cl2N2O/c1-5(14)4-13-9-3-7(11)6(10)2-8(9)12/h2-3,5,13-14H,4,12H2,1H3. The second-order valence-corrected chi connectivity index (χ2v) is 3.90. The van der Waals surface area contributed by atoms with Gasteiger partial charge in [0, 0.05) is 6.54 Å². The van der Waals surface area contributed by atoms with E-state index < -0.39 is 6.10 Å². The molecule has 1 unspecified atom stereocenters. The van der Waals surface area contributed by atoms with Crippen LogP contribution in [0.4, 0.5) is 11.4 Å². The molecule has 3 nitrogen and oxygen atoms in total. The fourth-order valence-corrected chi connectivity index (χ4v) is 1.31. The van der Waals surface area contributed by atoms with Gasteiger partial charge in [0.05, 0.1) is 27.5 Å². The predicted octanol–water partition coefficient (Wildman–Crippen LogP) is 2.37. The summed E-state index contributed by atoms with van der Waals surface area (Å²) < 4.78 is 0. The van der Waals surface area contributed by atoms with Gasteiger partial charge in [-0.1, -0.05) is 23.2 Å². The lowest BCUT2D eigenvalue weighted by molar-refractivity contribution is 0.208. The van der Waals surface area contributed by atoms with Crippen LogP contribution in [0.25, 0.3) is 0 Å². The fourth-order valence-electron chi connectivity index (χ4n) is 0.973. The van der Waals surface area contributed by atoms with E-state index in [9.17, 15) is 0 Å². The van der Waals surface area contributed by atoms with E-state index >= 15 is 0 Å². The van der Waals surface area contributed by atoms with E-state index in [0.717, 1.165) is 0 Å². The minimum absolute atomic E-state index is 0.419. The van der Waals surface area contributed by atoms with Gasteiger partial charge in [0.2, 0.25) is 0 Å². The van der Waals surface area contributed by atoms with Crippen molar-refractivity contribution in [3.63, 3.8) is 0 Å². The van der Waals surface area contributed by atoms with Crippen molar-refractivity contribution in [2.45, 2.75) is 13.0 Å². The van der Waals surface area contributed by atoms with Gasteiger partial charge in [-0.05, 0) is 19.1 Å². The van der Waals surface area contributed by atoms with Crippen molar-refractivity contribution in [3.05, 3.63) is 22.2 Å². The summed E-state index contributed by atoms with van der Waals surface area (Å²) in [6, 6.07) is 3.22. The normalized spacial score (nSPS) is 12.6. The topological polar surface area (TPSA) is 58.3 Å². The van der Waals surface area contributed by atoms with Crippen LogP contribution < -0.4 is 11.1 Å². The van der Waals surface area contributed by atoms with Gasteiger partial charge in [-0.15, -0.1) is 0 Å². The van der Waals surface area contributed by atoms with E-state index in [1.165, 1.54) is 0 Å². The molecule has 0 aromatic heterocycles. The maximum atomic E-state index is 9.07. The molecule has 0 fully saturated rings. The number of benzene rings is 1. The van der Waals surface area contributed by atoms with Gasteiger partial charge in [0.15, 0.2) is 0 Å². The van der Waals surface area contributed by atoms with Crippen molar-refractivity contribution in [3.8, 4) is 0 Å². The van der Waals surface area contributed by atoms with Crippen LogP contribution >= 0.6 is 23.2 Å². The molecule has 78 valence electrons. The molecule has 0 amide bonds. The lowest BCUT2D eigenvalue weighted by atomic mass is 10.2. The Bertz CT molecular complexity index is 329. The zero-order chi connectivity index (χ0) is 10.7. The maximum Gasteiger partial charge on any atom is 0.0684 e. The minimum Gasteiger partial charge on any atom is -0.397 e. The van der Waals surface area contributed by atoms with Crippen LogP contribution in [0.5, 0.6) is 0 Å². The van der Waals surface area contributed by atoms with E-state index in [-0.39, 0.29) is 0 Å². The summed E-state index contributed by atoms with van der Waals surface area (Å²) in [5.74, 6) is 0. The lowest BCUT2D eigenvalue weighted by Crippen LogP contribution is -2.16. The Labute approximate surface area is 92.8 Å². The molecule has 1 aromatic rings. The molecule has 4 N–H and O–H groups in total. The molecule has 0 aliphatic heterocycles. The van der Waals surface area contributed by atoms with E-state index in [0.29, 0.717) is 28.0 Å². The predicted molar refractivity (Wildman–Crippen MR) is 61.0 cm³/mol. The van der Waals surface area contributed by atoms with Crippen molar-refractivity contribution >= 4 is 34.6 Å². The number of anilines is 2. The summed E-state index contributed by atoms with van der Waals surface area (Å²) in [5.41, 5.74) is 6.88. The molecule has 1 rings (SSSR count). The highest BCUT2D eigenvalue weighted by Gasteiger charge is 2.05. The molecule has 1 atom stereocenters. The van der Waals surface area contributed by atoms with Gasteiger partial charge in [-0.2, -0.15) is 0 Å². The first kappa shape index (κ1) is 11.4. The zero-order valence-electron chi connectivity index (χ0n) is 7.72. The third-order valence-electron chi connectivity index (χ3n) is 1.68. The molecule has 0 heterocycles. The van der Waals surface area contributed by atoms with Gasteiger partial charge in [0.25, 0.3) is 0 Å². The van der Waals surface area contributed by atoms with E-state index in [1.54, 1.807) is 19.1 Å². The Morgan fingerprint density at radius 2 is 2.00 bits per heavy atom. The van der Waals surface area contributed by atoms with Crippen LogP contribution in [0.3, 0.4) is 0 Å². The van der Waals surface area contributed by atoms with Crippen LogP contribution in [0, 0.1) is 0 Å². The van der Waals surface area contributed by atoms with Gasteiger partial charge in [-0.3, -0.25) is 0 Å². The third-order valence-corrected chi connectivity index (χ3v) is 2.40. The van der Waals surface area contributed by atoms with Gasteiger partial charge in [-0.25, -0.2) is 0 Å². The summed E-state index contributed by atoms with van der Waals surface area (Å²) in [5, 5.41) is 12.9. The average molecular weight is 235 g/mol. The monoisotopic (exact) mass is 234 g/mol. The van der Waals surface area contributed by atoms with Crippen molar-refractivity contribution in [2.24, 2.45) is 0 Å². The molecular formula is C9H12Cl2N2O. The number of hydrogen-bond donors (Lipinski definition) is 3.